The Morgan fingerprint density at radius 3 is 1.93 bits per heavy atom. The first-order chi connectivity index (χ1) is 6.38. The molecular weight excluding hydrogens is 308 g/mol. The van der Waals surface area contributed by atoms with E-state index >= 15 is 0 Å². The second kappa shape index (κ2) is 4.37. The standard InChI is InChI=1S/C9H10F3IO/c1-13(2)7-3-5-8(6-4-7)14-9(10,11)12/h3-6H,1-2H3. The van der Waals surface area contributed by atoms with Gasteiger partial charge < -0.3 is 0 Å². The van der Waals surface area contributed by atoms with E-state index in [1.807, 2.05) is 0 Å². The molecule has 0 unspecified atom stereocenters. The van der Waals surface area contributed by atoms with E-state index in [9.17, 15) is 13.2 Å². The average Bonchev–Trinajstić information content (AvgIpc) is 2.02. The summed E-state index contributed by atoms with van der Waals surface area (Å²) in [5.41, 5.74) is 0. The Bertz CT molecular complexity index is 292. The number of hydrogen-bond acceptors (Lipinski definition) is 1. The van der Waals surface area contributed by atoms with Crippen LogP contribution in [0.4, 0.5) is 13.2 Å². The van der Waals surface area contributed by atoms with Crippen LogP contribution in [0.15, 0.2) is 24.3 Å². The van der Waals surface area contributed by atoms with Crippen molar-refractivity contribution in [3.05, 3.63) is 27.8 Å². The van der Waals surface area contributed by atoms with Crippen LogP contribution >= 0.6 is 19.8 Å². The fraction of sp³-hybridized carbons (Fsp3) is 0.333. The summed E-state index contributed by atoms with van der Waals surface area (Å²) in [4.78, 5) is 4.26. The number of hydrogen-bond donors (Lipinski definition) is 0. The predicted molar refractivity (Wildman–Crippen MR) is 57.7 cm³/mol. The van der Waals surface area contributed by atoms with E-state index in [1.54, 1.807) is 12.1 Å². The van der Waals surface area contributed by atoms with Crippen LogP contribution in [0.2, 0.25) is 0 Å². The first-order valence-electron chi connectivity index (χ1n) is 3.74. The molecule has 1 rings (SSSR count). The number of ether oxygens (including phenoxy) is 1. The van der Waals surface area contributed by atoms with E-state index < -0.39 is 26.2 Å². The minimum atomic E-state index is -4.60. The molecule has 0 aliphatic rings. The van der Waals surface area contributed by atoms with Crippen molar-refractivity contribution in [3.63, 3.8) is 0 Å². The van der Waals surface area contributed by atoms with Gasteiger partial charge in [0.15, 0.2) is 0 Å². The van der Waals surface area contributed by atoms with Crippen LogP contribution in [-0.2, 0) is 0 Å². The van der Waals surface area contributed by atoms with E-state index in [4.69, 9.17) is 0 Å². The molecule has 0 N–H and O–H groups in total. The Morgan fingerprint density at radius 2 is 1.57 bits per heavy atom. The molecule has 5 heteroatoms. The Balaban J connectivity index is 2.74. The summed E-state index contributed by atoms with van der Waals surface area (Å²) < 4.78 is 40.3. The van der Waals surface area contributed by atoms with Crippen molar-refractivity contribution in [2.75, 3.05) is 9.86 Å². The third-order valence-electron chi connectivity index (χ3n) is 1.48. The van der Waals surface area contributed by atoms with E-state index in [0.717, 1.165) is 3.57 Å². The van der Waals surface area contributed by atoms with Gasteiger partial charge in [0, 0.05) is 0 Å². The van der Waals surface area contributed by atoms with Gasteiger partial charge in [-0.05, 0) is 0 Å². The predicted octanol–water partition coefficient (Wildman–Crippen LogP) is 3.52. The van der Waals surface area contributed by atoms with Crippen LogP contribution in [0.3, 0.4) is 0 Å². The fourth-order valence-corrected chi connectivity index (χ4v) is 2.69. The van der Waals surface area contributed by atoms with Crippen molar-refractivity contribution in [1.82, 2.24) is 0 Å². The number of alkyl halides is 5. The Hall–Kier alpha value is -0.460. The van der Waals surface area contributed by atoms with Crippen LogP contribution in [0.1, 0.15) is 0 Å². The first kappa shape index (κ1) is 11.6. The number of halogens is 4. The zero-order chi connectivity index (χ0) is 10.8. The minimum absolute atomic E-state index is 0.154. The van der Waals surface area contributed by atoms with Gasteiger partial charge in [-0.25, -0.2) is 0 Å². The van der Waals surface area contributed by atoms with Gasteiger partial charge in [0.2, 0.25) is 0 Å². The third kappa shape index (κ3) is 3.73. The SMILES string of the molecule is CI(C)c1ccc(OC(F)(F)F)cc1. The molecule has 1 aromatic carbocycles. The molecule has 14 heavy (non-hydrogen) atoms. The summed E-state index contributed by atoms with van der Waals surface area (Å²) in [6.07, 6.45) is -4.60. The molecule has 0 atom stereocenters. The summed E-state index contributed by atoms with van der Waals surface area (Å²) >= 11 is -1.10. The fourth-order valence-electron chi connectivity index (χ4n) is 0.888. The second-order valence-corrected chi connectivity index (χ2v) is 8.32. The van der Waals surface area contributed by atoms with Gasteiger partial charge in [0.25, 0.3) is 0 Å². The van der Waals surface area contributed by atoms with Gasteiger partial charge >= 0.3 is 87.5 Å². The number of rotatable bonds is 2. The Kier molecular flexibility index (Phi) is 3.63. The van der Waals surface area contributed by atoms with E-state index in [2.05, 4.69) is 14.6 Å². The van der Waals surface area contributed by atoms with Crippen molar-refractivity contribution in [3.8, 4) is 5.75 Å². The monoisotopic (exact) mass is 318 g/mol. The summed E-state index contributed by atoms with van der Waals surface area (Å²) in [5, 5.41) is 0. The van der Waals surface area contributed by atoms with Crippen LogP contribution in [-0.4, -0.2) is 16.2 Å². The van der Waals surface area contributed by atoms with Crippen LogP contribution in [0.25, 0.3) is 0 Å². The van der Waals surface area contributed by atoms with E-state index in [0.29, 0.717) is 0 Å². The molecule has 1 aromatic rings. The summed E-state index contributed by atoms with van der Waals surface area (Å²) in [5.74, 6) is -0.154. The third-order valence-corrected chi connectivity index (χ3v) is 4.69. The Labute approximate surface area is 87.6 Å². The van der Waals surface area contributed by atoms with Gasteiger partial charge in [-0.2, -0.15) is 0 Å². The molecule has 0 bridgehead atoms. The van der Waals surface area contributed by atoms with Crippen molar-refractivity contribution in [2.24, 2.45) is 0 Å². The van der Waals surface area contributed by atoms with Gasteiger partial charge in [-0.15, -0.1) is 0 Å². The maximum absolute atomic E-state index is 11.8. The Morgan fingerprint density at radius 1 is 1.07 bits per heavy atom. The summed E-state index contributed by atoms with van der Waals surface area (Å²) in [6, 6.07) is 6.12. The van der Waals surface area contributed by atoms with Crippen LogP contribution < -0.4 is 4.74 Å². The molecule has 1 nitrogen and oxygen atoms in total. The molecule has 0 aliphatic carbocycles. The first-order valence-corrected chi connectivity index (χ1v) is 9.14. The molecule has 0 amide bonds. The van der Waals surface area contributed by atoms with Crippen LogP contribution in [0.5, 0.6) is 5.75 Å². The molecule has 0 radical (unpaired) electrons. The molecule has 0 fully saturated rings. The summed E-state index contributed by atoms with van der Waals surface area (Å²) in [6.45, 7) is 0. The van der Waals surface area contributed by atoms with E-state index in [1.165, 1.54) is 12.1 Å². The zero-order valence-electron chi connectivity index (χ0n) is 7.73. The molecule has 0 aromatic heterocycles. The number of benzene rings is 1. The molecule has 80 valence electrons. The zero-order valence-corrected chi connectivity index (χ0v) is 9.89. The molecular formula is C9H10F3IO. The molecule has 0 aliphatic heterocycles. The van der Waals surface area contributed by atoms with Crippen molar-refractivity contribution >= 4 is 19.8 Å². The van der Waals surface area contributed by atoms with Crippen molar-refractivity contribution in [1.29, 1.82) is 0 Å². The maximum atomic E-state index is 11.8. The van der Waals surface area contributed by atoms with Crippen molar-refractivity contribution < 1.29 is 17.9 Å². The molecule has 0 spiro atoms. The van der Waals surface area contributed by atoms with Gasteiger partial charge in [-0.1, -0.05) is 0 Å². The summed E-state index contributed by atoms with van der Waals surface area (Å²) in [7, 11) is 0. The second-order valence-electron chi connectivity index (χ2n) is 2.76. The van der Waals surface area contributed by atoms with Gasteiger partial charge in [0.05, 0.1) is 0 Å². The van der Waals surface area contributed by atoms with Crippen LogP contribution in [0, 0.1) is 3.57 Å². The molecule has 0 saturated carbocycles. The quantitative estimate of drug-likeness (QED) is 0.599. The van der Waals surface area contributed by atoms with Crippen molar-refractivity contribution in [2.45, 2.75) is 6.36 Å². The molecule has 0 saturated heterocycles. The normalized spacial score (nSPS) is 12.5. The molecule has 0 heterocycles. The topological polar surface area (TPSA) is 9.23 Å². The average molecular weight is 318 g/mol. The van der Waals surface area contributed by atoms with Gasteiger partial charge in [-0.3, -0.25) is 0 Å². The van der Waals surface area contributed by atoms with E-state index in [-0.39, 0.29) is 5.75 Å². The van der Waals surface area contributed by atoms with Gasteiger partial charge in [0.1, 0.15) is 0 Å².